The van der Waals surface area contributed by atoms with Crippen molar-refractivity contribution >= 4 is 17.9 Å². The van der Waals surface area contributed by atoms with Crippen molar-refractivity contribution in [2.45, 2.75) is 207 Å². The summed E-state index contributed by atoms with van der Waals surface area (Å²) in [5.74, 6) is -1.14. The molecule has 8 nitrogen and oxygen atoms in total. The molecule has 0 spiro atoms. The topological polar surface area (TPSA) is 91.4 Å². The van der Waals surface area contributed by atoms with Gasteiger partial charge < -0.3 is 23.8 Å². The van der Waals surface area contributed by atoms with E-state index < -0.39 is 18.3 Å². The average Bonchev–Trinajstić information content (AvgIpc) is 3.47. The molecular formula is C42H79NO7. The molecule has 0 aromatic heterocycles. The summed E-state index contributed by atoms with van der Waals surface area (Å²) >= 11 is 0. The molecule has 1 rings (SSSR count). The molecule has 0 bridgehead atoms. The number of carbonyl (C=O) groups excluding carboxylic acids is 3. The van der Waals surface area contributed by atoms with Crippen LogP contribution in [-0.4, -0.2) is 75.0 Å². The standard InChI is InChI=1S/C42H79NO7/c1-7-11-15-19-21-25-29-35(27-23-17-13-9-3)41(45)49-38-34-47-37(33-48-39(44)31-32-43(5)6)40(38)50-42(46)36(28-24-18-14-10-4)30-26-22-20-16-12-8-2/h35-38,40H,7-34H2,1-6H3/t35?,36?,37-,38+,40+/m1/s1. The molecule has 5 atom stereocenters. The van der Waals surface area contributed by atoms with Gasteiger partial charge in [-0.15, -0.1) is 0 Å². The van der Waals surface area contributed by atoms with Gasteiger partial charge in [0.25, 0.3) is 0 Å². The zero-order chi connectivity index (χ0) is 36.8. The highest BCUT2D eigenvalue weighted by Gasteiger charge is 2.45. The van der Waals surface area contributed by atoms with E-state index in [9.17, 15) is 14.4 Å². The number of hydrogen-bond acceptors (Lipinski definition) is 8. The first-order valence-corrected chi connectivity index (χ1v) is 21.1. The molecule has 2 unspecified atom stereocenters. The summed E-state index contributed by atoms with van der Waals surface area (Å²) < 4.78 is 24.1. The molecule has 0 aromatic carbocycles. The van der Waals surface area contributed by atoms with Gasteiger partial charge in [0.1, 0.15) is 12.7 Å². The number of rotatable bonds is 33. The van der Waals surface area contributed by atoms with E-state index in [0.717, 1.165) is 96.3 Å². The van der Waals surface area contributed by atoms with Crippen LogP contribution in [0.5, 0.6) is 0 Å². The summed E-state index contributed by atoms with van der Waals surface area (Å²) in [4.78, 5) is 42.1. The van der Waals surface area contributed by atoms with Gasteiger partial charge in [-0.25, -0.2) is 0 Å². The van der Waals surface area contributed by atoms with E-state index in [0.29, 0.717) is 6.54 Å². The van der Waals surface area contributed by atoms with Crippen molar-refractivity contribution in [2.75, 3.05) is 33.9 Å². The lowest BCUT2D eigenvalue weighted by molar-refractivity contribution is -0.173. The molecule has 1 saturated heterocycles. The Kier molecular flexibility index (Phi) is 28.7. The molecule has 0 aromatic rings. The lowest BCUT2D eigenvalue weighted by Gasteiger charge is -2.27. The fourth-order valence-electron chi connectivity index (χ4n) is 6.82. The van der Waals surface area contributed by atoms with Crippen molar-refractivity contribution in [3.63, 3.8) is 0 Å². The number of nitrogens with zero attached hydrogens (tertiary/aromatic N) is 1. The molecule has 50 heavy (non-hydrogen) atoms. The Hall–Kier alpha value is -1.67. The van der Waals surface area contributed by atoms with Crippen molar-refractivity contribution in [3.8, 4) is 0 Å². The number of carbonyl (C=O) groups is 3. The van der Waals surface area contributed by atoms with E-state index >= 15 is 0 Å². The van der Waals surface area contributed by atoms with E-state index in [-0.39, 0.29) is 49.4 Å². The van der Waals surface area contributed by atoms with Gasteiger partial charge in [0.05, 0.1) is 24.9 Å². The molecule has 0 radical (unpaired) electrons. The lowest BCUT2D eigenvalue weighted by Crippen LogP contribution is -2.42. The molecule has 0 amide bonds. The predicted molar refractivity (Wildman–Crippen MR) is 204 cm³/mol. The van der Waals surface area contributed by atoms with Crippen molar-refractivity contribution < 1.29 is 33.3 Å². The highest BCUT2D eigenvalue weighted by Crippen LogP contribution is 2.28. The van der Waals surface area contributed by atoms with Crippen LogP contribution in [0.25, 0.3) is 0 Å². The first-order valence-electron chi connectivity index (χ1n) is 21.1. The Morgan fingerprint density at radius 2 is 1.00 bits per heavy atom. The monoisotopic (exact) mass is 710 g/mol. The van der Waals surface area contributed by atoms with Gasteiger partial charge in [-0.1, -0.05) is 156 Å². The SMILES string of the molecule is CCCCCCCCC(CCCCCC)C(=O)O[C@@H]1[C@@H](OC(=O)C(CCCCCC)CCCCCCCC)CO[C@@H]1COC(=O)CCN(C)C. The Balaban J connectivity index is 3.05. The molecular weight excluding hydrogens is 630 g/mol. The third-order valence-electron chi connectivity index (χ3n) is 10.2. The summed E-state index contributed by atoms with van der Waals surface area (Å²) in [6.45, 7) is 9.52. The summed E-state index contributed by atoms with van der Waals surface area (Å²) in [5, 5.41) is 0. The molecule has 1 aliphatic rings. The number of esters is 3. The molecule has 0 N–H and O–H groups in total. The fourth-order valence-corrected chi connectivity index (χ4v) is 6.82. The highest BCUT2D eigenvalue weighted by atomic mass is 16.6. The van der Waals surface area contributed by atoms with Gasteiger partial charge >= 0.3 is 17.9 Å². The van der Waals surface area contributed by atoms with Crippen molar-refractivity contribution in [1.82, 2.24) is 4.90 Å². The van der Waals surface area contributed by atoms with Crippen molar-refractivity contribution in [2.24, 2.45) is 11.8 Å². The van der Waals surface area contributed by atoms with Crippen LogP contribution in [0.15, 0.2) is 0 Å². The Morgan fingerprint density at radius 1 is 0.600 bits per heavy atom. The molecule has 1 fully saturated rings. The maximum absolute atomic E-state index is 13.9. The van der Waals surface area contributed by atoms with E-state index in [1.54, 1.807) is 0 Å². The van der Waals surface area contributed by atoms with Crippen molar-refractivity contribution in [1.29, 1.82) is 0 Å². The van der Waals surface area contributed by atoms with Gasteiger partial charge in [0.2, 0.25) is 0 Å². The highest BCUT2D eigenvalue weighted by molar-refractivity contribution is 5.74. The minimum atomic E-state index is -0.800. The Bertz CT molecular complexity index is 850. The van der Waals surface area contributed by atoms with Crippen LogP contribution in [0.2, 0.25) is 0 Å². The second-order valence-corrected chi connectivity index (χ2v) is 15.2. The number of unbranched alkanes of at least 4 members (excludes halogenated alkanes) is 16. The second kappa shape index (κ2) is 30.9. The molecule has 1 heterocycles. The molecule has 0 saturated carbocycles. The summed E-state index contributed by atoms with van der Waals surface area (Å²) in [5.41, 5.74) is 0. The maximum Gasteiger partial charge on any atom is 0.309 e. The van der Waals surface area contributed by atoms with Gasteiger partial charge in [-0.3, -0.25) is 14.4 Å². The van der Waals surface area contributed by atoms with Crippen molar-refractivity contribution in [3.05, 3.63) is 0 Å². The fraction of sp³-hybridized carbons (Fsp3) is 0.929. The van der Waals surface area contributed by atoms with Crippen LogP contribution in [-0.2, 0) is 33.3 Å². The van der Waals surface area contributed by atoms with Gasteiger partial charge in [-0.05, 0) is 39.8 Å². The minimum Gasteiger partial charge on any atom is -0.463 e. The summed E-state index contributed by atoms with van der Waals surface area (Å²) in [7, 11) is 3.82. The normalized spacial score (nSPS) is 18.7. The maximum atomic E-state index is 13.9. The van der Waals surface area contributed by atoms with Crippen LogP contribution < -0.4 is 0 Å². The van der Waals surface area contributed by atoms with E-state index in [2.05, 4.69) is 27.7 Å². The minimum absolute atomic E-state index is 0.0327. The van der Waals surface area contributed by atoms with Crippen LogP contribution in [0.4, 0.5) is 0 Å². The first kappa shape index (κ1) is 46.4. The van der Waals surface area contributed by atoms with Gasteiger partial charge in [-0.2, -0.15) is 0 Å². The average molecular weight is 710 g/mol. The van der Waals surface area contributed by atoms with Gasteiger partial charge in [0.15, 0.2) is 12.2 Å². The third kappa shape index (κ3) is 22.3. The first-order chi connectivity index (χ1) is 24.3. The molecule has 1 aliphatic heterocycles. The Labute approximate surface area is 307 Å². The summed E-state index contributed by atoms with van der Waals surface area (Å²) in [6, 6.07) is 0. The quantitative estimate of drug-likeness (QED) is 0.0378. The van der Waals surface area contributed by atoms with E-state index in [4.69, 9.17) is 18.9 Å². The number of ether oxygens (including phenoxy) is 4. The molecule has 0 aliphatic carbocycles. The van der Waals surface area contributed by atoms with Crippen LogP contribution in [0.3, 0.4) is 0 Å². The zero-order valence-corrected chi connectivity index (χ0v) is 33.5. The molecule has 8 heteroatoms. The van der Waals surface area contributed by atoms with E-state index in [1.165, 1.54) is 57.8 Å². The lowest BCUT2D eigenvalue weighted by atomic mass is 9.94. The largest absolute Gasteiger partial charge is 0.463 e. The van der Waals surface area contributed by atoms with Crippen LogP contribution >= 0.6 is 0 Å². The van der Waals surface area contributed by atoms with Crippen LogP contribution in [0, 0.1) is 11.8 Å². The van der Waals surface area contributed by atoms with Crippen LogP contribution in [0.1, 0.15) is 188 Å². The van der Waals surface area contributed by atoms with Gasteiger partial charge in [0, 0.05) is 6.54 Å². The smallest absolute Gasteiger partial charge is 0.309 e. The second-order valence-electron chi connectivity index (χ2n) is 15.2. The third-order valence-corrected chi connectivity index (χ3v) is 10.2. The summed E-state index contributed by atoms with van der Waals surface area (Å²) in [6.07, 6.45) is 24.3. The zero-order valence-electron chi connectivity index (χ0n) is 33.5. The predicted octanol–water partition coefficient (Wildman–Crippen LogP) is 10.4. The Morgan fingerprint density at radius 3 is 1.44 bits per heavy atom. The van der Waals surface area contributed by atoms with E-state index in [1.807, 2.05) is 19.0 Å². The molecule has 294 valence electrons. The number of hydrogen-bond donors (Lipinski definition) is 0.